The summed E-state index contributed by atoms with van der Waals surface area (Å²) >= 11 is 0. The number of imidazole rings is 1. The lowest BCUT2D eigenvalue weighted by Crippen LogP contribution is -2.20. The standard InChI is InChI=1S/C14H17N5O/c1-3-19-8-7-15-13(19)10-18(2)9-11-5-4-6-12-14(11)17-20-16-12/h4-8H,3,9-10H2,1-2H3. The van der Waals surface area contributed by atoms with Gasteiger partial charge in [0, 0.05) is 25.5 Å². The first-order valence-electron chi connectivity index (χ1n) is 6.66. The van der Waals surface area contributed by atoms with Gasteiger partial charge in [-0.25, -0.2) is 9.61 Å². The van der Waals surface area contributed by atoms with E-state index in [4.69, 9.17) is 4.63 Å². The number of hydrogen-bond acceptors (Lipinski definition) is 5. The van der Waals surface area contributed by atoms with Crippen molar-refractivity contribution in [3.05, 3.63) is 42.0 Å². The Balaban J connectivity index is 1.76. The van der Waals surface area contributed by atoms with Crippen molar-refractivity contribution in [2.75, 3.05) is 7.05 Å². The molecule has 0 bridgehead atoms. The number of fused-ring (bicyclic) bond motifs is 1. The number of rotatable bonds is 5. The third-order valence-electron chi connectivity index (χ3n) is 3.36. The molecule has 104 valence electrons. The van der Waals surface area contributed by atoms with Crippen molar-refractivity contribution in [3.8, 4) is 0 Å². The van der Waals surface area contributed by atoms with Gasteiger partial charge in [0.05, 0.1) is 6.54 Å². The van der Waals surface area contributed by atoms with Crippen LogP contribution in [-0.4, -0.2) is 31.8 Å². The van der Waals surface area contributed by atoms with E-state index in [0.29, 0.717) is 0 Å². The van der Waals surface area contributed by atoms with Gasteiger partial charge in [0.15, 0.2) is 0 Å². The summed E-state index contributed by atoms with van der Waals surface area (Å²) in [6.07, 6.45) is 3.85. The van der Waals surface area contributed by atoms with Crippen LogP contribution in [0.2, 0.25) is 0 Å². The number of hydrogen-bond donors (Lipinski definition) is 0. The van der Waals surface area contributed by atoms with Gasteiger partial charge in [-0.3, -0.25) is 4.90 Å². The van der Waals surface area contributed by atoms with Crippen molar-refractivity contribution in [2.24, 2.45) is 0 Å². The second-order valence-corrected chi connectivity index (χ2v) is 4.85. The van der Waals surface area contributed by atoms with Gasteiger partial charge in [-0.15, -0.1) is 0 Å². The van der Waals surface area contributed by atoms with Crippen molar-refractivity contribution in [2.45, 2.75) is 26.6 Å². The molecule has 0 N–H and O–H groups in total. The Labute approximate surface area is 117 Å². The van der Waals surface area contributed by atoms with Crippen LogP contribution in [-0.2, 0) is 19.6 Å². The molecule has 6 nitrogen and oxygen atoms in total. The lowest BCUT2D eigenvalue weighted by molar-refractivity contribution is 0.302. The Morgan fingerprint density at radius 2 is 2.15 bits per heavy atom. The van der Waals surface area contributed by atoms with E-state index in [1.165, 1.54) is 0 Å². The van der Waals surface area contributed by atoms with Crippen LogP contribution < -0.4 is 0 Å². The second-order valence-electron chi connectivity index (χ2n) is 4.85. The van der Waals surface area contributed by atoms with Crippen LogP contribution in [0.3, 0.4) is 0 Å². The van der Waals surface area contributed by atoms with E-state index in [-0.39, 0.29) is 0 Å². The third-order valence-corrected chi connectivity index (χ3v) is 3.36. The Morgan fingerprint density at radius 1 is 1.25 bits per heavy atom. The van der Waals surface area contributed by atoms with E-state index in [2.05, 4.69) is 44.8 Å². The zero-order valence-corrected chi connectivity index (χ0v) is 11.7. The van der Waals surface area contributed by atoms with Gasteiger partial charge in [-0.2, -0.15) is 0 Å². The Bertz CT molecular complexity index is 702. The molecule has 0 unspecified atom stereocenters. The van der Waals surface area contributed by atoms with E-state index in [1.54, 1.807) is 0 Å². The van der Waals surface area contributed by atoms with Crippen molar-refractivity contribution in [1.82, 2.24) is 24.8 Å². The van der Waals surface area contributed by atoms with Gasteiger partial charge < -0.3 is 4.57 Å². The molecule has 0 spiro atoms. The molecule has 20 heavy (non-hydrogen) atoms. The molecule has 0 saturated carbocycles. The van der Waals surface area contributed by atoms with E-state index in [0.717, 1.165) is 42.1 Å². The summed E-state index contributed by atoms with van der Waals surface area (Å²) in [6, 6.07) is 5.93. The maximum atomic E-state index is 4.79. The predicted octanol–water partition coefficient (Wildman–Crippen LogP) is 2.07. The highest BCUT2D eigenvalue weighted by Crippen LogP contribution is 2.16. The highest BCUT2D eigenvalue weighted by atomic mass is 16.6. The monoisotopic (exact) mass is 271 g/mol. The summed E-state index contributed by atoms with van der Waals surface area (Å²) in [4.78, 5) is 6.60. The quantitative estimate of drug-likeness (QED) is 0.711. The summed E-state index contributed by atoms with van der Waals surface area (Å²) in [6.45, 7) is 4.63. The molecular weight excluding hydrogens is 254 g/mol. The largest absolute Gasteiger partial charge is 0.334 e. The number of benzene rings is 1. The summed E-state index contributed by atoms with van der Waals surface area (Å²) in [5.41, 5.74) is 2.74. The topological polar surface area (TPSA) is 60.0 Å². The van der Waals surface area contributed by atoms with Crippen LogP contribution in [0.1, 0.15) is 18.3 Å². The lowest BCUT2D eigenvalue weighted by atomic mass is 10.2. The summed E-state index contributed by atoms with van der Waals surface area (Å²) in [7, 11) is 2.07. The SMILES string of the molecule is CCn1ccnc1CN(C)Cc1cccc2nonc12. The highest BCUT2D eigenvalue weighted by molar-refractivity contribution is 5.76. The van der Waals surface area contributed by atoms with E-state index in [1.807, 2.05) is 24.5 Å². The van der Waals surface area contributed by atoms with Crippen molar-refractivity contribution >= 4 is 11.0 Å². The van der Waals surface area contributed by atoms with E-state index < -0.39 is 0 Å². The molecule has 0 aliphatic rings. The van der Waals surface area contributed by atoms with Gasteiger partial charge in [0.1, 0.15) is 16.9 Å². The minimum atomic E-state index is 0.780. The Kier molecular flexibility index (Phi) is 3.47. The predicted molar refractivity (Wildman–Crippen MR) is 74.9 cm³/mol. The number of aryl methyl sites for hydroxylation is 1. The number of nitrogens with zero attached hydrogens (tertiary/aromatic N) is 5. The molecule has 0 aliphatic heterocycles. The minimum absolute atomic E-state index is 0.780. The van der Waals surface area contributed by atoms with Gasteiger partial charge in [0.2, 0.25) is 0 Å². The first-order chi connectivity index (χ1) is 9.78. The zero-order valence-electron chi connectivity index (χ0n) is 11.7. The van der Waals surface area contributed by atoms with Crippen LogP contribution in [0, 0.1) is 0 Å². The average Bonchev–Trinajstić information content (AvgIpc) is 3.07. The third kappa shape index (κ3) is 2.42. The minimum Gasteiger partial charge on any atom is -0.334 e. The molecule has 1 aromatic carbocycles. The second kappa shape index (κ2) is 5.42. The zero-order chi connectivity index (χ0) is 13.9. The highest BCUT2D eigenvalue weighted by Gasteiger charge is 2.10. The fourth-order valence-corrected chi connectivity index (χ4v) is 2.36. The molecule has 0 amide bonds. The summed E-state index contributed by atoms with van der Waals surface area (Å²) < 4.78 is 6.94. The molecule has 2 aromatic heterocycles. The number of aromatic nitrogens is 4. The van der Waals surface area contributed by atoms with Crippen LogP contribution in [0.4, 0.5) is 0 Å². The van der Waals surface area contributed by atoms with Crippen LogP contribution in [0.15, 0.2) is 35.2 Å². The maximum Gasteiger partial charge on any atom is 0.139 e. The molecule has 0 aliphatic carbocycles. The summed E-state index contributed by atoms with van der Waals surface area (Å²) in [5.74, 6) is 1.07. The van der Waals surface area contributed by atoms with Gasteiger partial charge >= 0.3 is 0 Å². The summed E-state index contributed by atoms with van der Waals surface area (Å²) in [5, 5.41) is 7.84. The first kappa shape index (κ1) is 12.8. The maximum absolute atomic E-state index is 4.79. The van der Waals surface area contributed by atoms with Gasteiger partial charge in [-0.05, 0) is 35.9 Å². The van der Waals surface area contributed by atoms with E-state index in [9.17, 15) is 0 Å². The van der Waals surface area contributed by atoms with Crippen molar-refractivity contribution in [3.63, 3.8) is 0 Å². The van der Waals surface area contributed by atoms with Crippen molar-refractivity contribution < 1.29 is 4.63 Å². The first-order valence-corrected chi connectivity index (χ1v) is 6.66. The van der Waals surface area contributed by atoms with Crippen LogP contribution in [0.5, 0.6) is 0 Å². The molecule has 3 aromatic rings. The lowest BCUT2D eigenvalue weighted by Gasteiger charge is -2.16. The van der Waals surface area contributed by atoms with E-state index >= 15 is 0 Å². The molecule has 6 heteroatoms. The Hall–Kier alpha value is -2.21. The van der Waals surface area contributed by atoms with Gasteiger partial charge in [-0.1, -0.05) is 12.1 Å². The molecule has 0 saturated heterocycles. The molecule has 3 rings (SSSR count). The van der Waals surface area contributed by atoms with Crippen molar-refractivity contribution in [1.29, 1.82) is 0 Å². The molecule has 0 fully saturated rings. The van der Waals surface area contributed by atoms with Crippen LogP contribution >= 0.6 is 0 Å². The average molecular weight is 271 g/mol. The van der Waals surface area contributed by atoms with Gasteiger partial charge in [0.25, 0.3) is 0 Å². The smallest absolute Gasteiger partial charge is 0.139 e. The fraction of sp³-hybridized carbons (Fsp3) is 0.357. The molecule has 2 heterocycles. The normalized spacial score (nSPS) is 11.6. The Morgan fingerprint density at radius 3 is 3.00 bits per heavy atom. The molecule has 0 radical (unpaired) electrons. The molecular formula is C14H17N5O. The van der Waals surface area contributed by atoms with Crippen LogP contribution in [0.25, 0.3) is 11.0 Å². The fourth-order valence-electron chi connectivity index (χ4n) is 2.36. The molecule has 0 atom stereocenters.